The van der Waals surface area contributed by atoms with Crippen molar-refractivity contribution in [3.8, 4) is 0 Å². The number of H-pyrrole nitrogens is 1. The lowest BCUT2D eigenvalue weighted by Gasteiger charge is -1.90. The van der Waals surface area contributed by atoms with E-state index in [2.05, 4.69) is 20.9 Å². The zero-order valence-corrected chi connectivity index (χ0v) is 8.75. The third kappa shape index (κ3) is 1.11. The molecule has 0 unspecified atom stereocenters. The van der Waals surface area contributed by atoms with E-state index >= 15 is 0 Å². The highest BCUT2D eigenvalue weighted by molar-refractivity contribution is 9.11. The number of hydrogen-bond donors (Lipinski definition) is 1. The molecule has 12 heavy (non-hydrogen) atoms. The molecule has 2 aromatic heterocycles. The Morgan fingerprint density at radius 3 is 3.08 bits per heavy atom. The number of aromatic nitrogens is 1. The van der Waals surface area contributed by atoms with E-state index in [1.54, 1.807) is 6.20 Å². The molecule has 0 aliphatic heterocycles. The second-order valence-corrected chi connectivity index (χ2v) is 5.03. The van der Waals surface area contributed by atoms with Gasteiger partial charge in [0.2, 0.25) is 5.43 Å². The van der Waals surface area contributed by atoms with Crippen molar-refractivity contribution >= 4 is 37.5 Å². The molecule has 2 aromatic rings. The molecule has 2 rings (SSSR count). The van der Waals surface area contributed by atoms with Crippen LogP contribution in [0.3, 0.4) is 0 Å². The Kier molecular flexibility index (Phi) is 1.81. The number of thiophene rings is 1. The van der Waals surface area contributed by atoms with Gasteiger partial charge >= 0.3 is 0 Å². The summed E-state index contributed by atoms with van der Waals surface area (Å²) in [4.78, 5) is 14.6. The molecular weight excluding hydrogens is 238 g/mol. The van der Waals surface area contributed by atoms with Crippen LogP contribution in [-0.2, 0) is 0 Å². The molecule has 0 aliphatic rings. The van der Waals surface area contributed by atoms with Crippen molar-refractivity contribution in [1.29, 1.82) is 0 Å². The first-order valence-electron chi connectivity index (χ1n) is 3.46. The summed E-state index contributed by atoms with van der Waals surface area (Å²) in [6.07, 6.45) is 1.74. The summed E-state index contributed by atoms with van der Waals surface area (Å²) in [7, 11) is 0. The summed E-state index contributed by atoms with van der Waals surface area (Å²) in [5.74, 6) is 0. The van der Waals surface area contributed by atoms with Gasteiger partial charge in [-0.05, 0) is 28.9 Å². The maximum Gasteiger partial charge on any atom is 0.202 e. The highest BCUT2D eigenvalue weighted by atomic mass is 79.9. The molecule has 0 fully saturated rings. The van der Waals surface area contributed by atoms with E-state index in [0.29, 0.717) is 0 Å². The Morgan fingerprint density at radius 2 is 2.33 bits per heavy atom. The fourth-order valence-corrected chi connectivity index (χ4v) is 2.64. The van der Waals surface area contributed by atoms with Gasteiger partial charge in [0.05, 0.1) is 14.0 Å². The lowest BCUT2D eigenvalue weighted by atomic mass is 10.3. The van der Waals surface area contributed by atoms with Crippen LogP contribution >= 0.6 is 27.3 Å². The van der Waals surface area contributed by atoms with Crippen LogP contribution in [0.1, 0.15) is 5.56 Å². The molecule has 0 spiro atoms. The van der Waals surface area contributed by atoms with Crippen LogP contribution in [0.4, 0.5) is 0 Å². The molecule has 0 saturated carbocycles. The first-order valence-corrected chi connectivity index (χ1v) is 5.07. The largest absolute Gasteiger partial charge is 0.360 e. The first-order chi connectivity index (χ1) is 5.68. The van der Waals surface area contributed by atoms with Crippen molar-refractivity contribution < 1.29 is 0 Å². The summed E-state index contributed by atoms with van der Waals surface area (Å²) in [5.41, 5.74) is 1.79. The van der Waals surface area contributed by atoms with Gasteiger partial charge in [-0.3, -0.25) is 4.79 Å². The number of nitrogens with one attached hydrogen (secondary N) is 1. The molecular formula is C8H6BrNOS. The summed E-state index contributed by atoms with van der Waals surface area (Å²) in [6.45, 7) is 1.81. The van der Waals surface area contributed by atoms with Gasteiger partial charge in [-0.1, -0.05) is 0 Å². The van der Waals surface area contributed by atoms with E-state index in [-0.39, 0.29) is 5.43 Å². The molecule has 4 heteroatoms. The van der Waals surface area contributed by atoms with Crippen molar-refractivity contribution in [3.63, 3.8) is 0 Å². The lowest BCUT2D eigenvalue weighted by molar-refractivity contribution is 1.31. The minimum atomic E-state index is 0.124. The second-order valence-electron chi connectivity index (χ2n) is 2.59. The van der Waals surface area contributed by atoms with Gasteiger partial charge in [-0.25, -0.2) is 0 Å². The summed E-state index contributed by atoms with van der Waals surface area (Å²) in [6, 6.07) is 1.92. The summed E-state index contributed by atoms with van der Waals surface area (Å²) < 4.78 is 1.78. The minimum Gasteiger partial charge on any atom is -0.360 e. The average Bonchev–Trinajstić information content (AvgIpc) is 2.39. The van der Waals surface area contributed by atoms with Crippen molar-refractivity contribution in [2.75, 3.05) is 0 Å². The molecule has 0 radical (unpaired) electrons. The summed E-state index contributed by atoms with van der Waals surface area (Å²) in [5, 5.41) is 0. The molecule has 0 aliphatic carbocycles. The Balaban J connectivity index is 2.99. The standard InChI is InChI=1S/C8H6BrNOS/c1-4-3-10-5-2-6(9)12-8(5)7(4)11/h2-3H,1H3,(H,10,11). The summed E-state index contributed by atoms with van der Waals surface area (Å²) >= 11 is 4.81. The Bertz CT molecular complexity index is 485. The number of fused-ring (bicyclic) bond motifs is 1. The van der Waals surface area contributed by atoms with Gasteiger partial charge in [0.15, 0.2) is 0 Å². The molecule has 0 amide bonds. The highest BCUT2D eigenvalue weighted by Gasteiger charge is 2.04. The molecule has 0 saturated heterocycles. The molecule has 0 atom stereocenters. The number of pyridine rings is 1. The fraction of sp³-hybridized carbons (Fsp3) is 0.125. The Labute approximate surface area is 81.4 Å². The predicted molar refractivity (Wildman–Crippen MR) is 54.9 cm³/mol. The van der Waals surface area contributed by atoms with Crippen LogP contribution in [-0.4, -0.2) is 4.98 Å². The van der Waals surface area contributed by atoms with Crippen LogP contribution in [0.15, 0.2) is 20.8 Å². The monoisotopic (exact) mass is 243 g/mol. The normalized spacial score (nSPS) is 10.8. The maximum atomic E-state index is 11.5. The van der Waals surface area contributed by atoms with Gasteiger partial charge in [0.25, 0.3) is 0 Å². The number of aromatic amines is 1. The van der Waals surface area contributed by atoms with Gasteiger partial charge < -0.3 is 4.98 Å². The zero-order chi connectivity index (χ0) is 8.72. The van der Waals surface area contributed by atoms with Crippen LogP contribution in [0, 0.1) is 6.92 Å². The van der Waals surface area contributed by atoms with E-state index in [1.807, 2.05) is 13.0 Å². The van der Waals surface area contributed by atoms with Gasteiger partial charge in [0, 0.05) is 11.8 Å². The lowest BCUT2D eigenvalue weighted by Crippen LogP contribution is -2.03. The number of aryl methyl sites for hydroxylation is 1. The molecule has 0 aromatic carbocycles. The third-order valence-electron chi connectivity index (χ3n) is 1.71. The van der Waals surface area contributed by atoms with Crippen LogP contribution in [0.2, 0.25) is 0 Å². The van der Waals surface area contributed by atoms with E-state index in [9.17, 15) is 4.79 Å². The molecule has 0 bridgehead atoms. The van der Waals surface area contributed by atoms with Crippen molar-refractivity contribution in [2.24, 2.45) is 0 Å². The third-order valence-corrected chi connectivity index (χ3v) is 3.35. The Hall–Kier alpha value is -0.610. The zero-order valence-electron chi connectivity index (χ0n) is 6.35. The molecule has 62 valence electrons. The van der Waals surface area contributed by atoms with Crippen LogP contribution in [0.25, 0.3) is 10.2 Å². The van der Waals surface area contributed by atoms with Crippen molar-refractivity contribution in [2.45, 2.75) is 6.92 Å². The molecule has 1 N–H and O–H groups in total. The highest BCUT2D eigenvalue weighted by Crippen LogP contribution is 2.25. The van der Waals surface area contributed by atoms with Crippen LogP contribution < -0.4 is 5.43 Å². The van der Waals surface area contributed by atoms with Crippen LogP contribution in [0.5, 0.6) is 0 Å². The number of hydrogen-bond acceptors (Lipinski definition) is 2. The van der Waals surface area contributed by atoms with Gasteiger partial charge in [-0.2, -0.15) is 0 Å². The maximum absolute atomic E-state index is 11.5. The predicted octanol–water partition coefficient (Wildman–Crippen LogP) is 2.66. The number of rotatable bonds is 0. The Morgan fingerprint density at radius 1 is 1.58 bits per heavy atom. The minimum absolute atomic E-state index is 0.124. The quantitative estimate of drug-likeness (QED) is 0.759. The fourth-order valence-electron chi connectivity index (χ4n) is 1.07. The molecule has 2 heterocycles. The van der Waals surface area contributed by atoms with E-state index in [0.717, 1.165) is 19.6 Å². The van der Waals surface area contributed by atoms with E-state index in [4.69, 9.17) is 0 Å². The second kappa shape index (κ2) is 2.71. The number of halogens is 1. The van der Waals surface area contributed by atoms with Crippen molar-refractivity contribution in [1.82, 2.24) is 4.98 Å². The first kappa shape index (κ1) is 8.01. The topological polar surface area (TPSA) is 32.9 Å². The molecule has 2 nitrogen and oxygen atoms in total. The van der Waals surface area contributed by atoms with Crippen molar-refractivity contribution in [3.05, 3.63) is 31.8 Å². The SMILES string of the molecule is Cc1c[nH]c2cc(Br)sc2c1=O. The van der Waals surface area contributed by atoms with Gasteiger partial charge in [-0.15, -0.1) is 11.3 Å². The van der Waals surface area contributed by atoms with E-state index < -0.39 is 0 Å². The van der Waals surface area contributed by atoms with Gasteiger partial charge in [0.1, 0.15) is 0 Å². The smallest absolute Gasteiger partial charge is 0.202 e. The van der Waals surface area contributed by atoms with E-state index in [1.165, 1.54) is 11.3 Å². The average molecular weight is 244 g/mol.